The minimum Gasteiger partial charge on any atom is -0.393 e. The van der Waals surface area contributed by atoms with Crippen LogP contribution in [0, 0.1) is 5.92 Å². The zero-order valence-electron chi connectivity index (χ0n) is 8.80. The lowest BCUT2D eigenvalue weighted by Gasteiger charge is -2.22. The number of hydrogen-bond donors (Lipinski definition) is 1. The van der Waals surface area contributed by atoms with Crippen LogP contribution in [0.3, 0.4) is 0 Å². The van der Waals surface area contributed by atoms with E-state index in [1.54, 1.807) is 6.92 Å². The Morgan fingerprint density at radius 1 is 1.53 bits per heavy atom. The van der Waals surface area contributed by atoms with Gasteiger partial charge in [-0.1, -0.05) is 24.6 Å². The Morgan fingerprint density at radius 3 is 2.60 bits per heavy atom. The van der Waals surface area contributed by atoms with E-state index in [2.05, 4.69) is 0 Å². The average Bonchev–Trinajstić information content (AvgIpc) is 2.06. The molecule has 1 nitrogen and oxygen atoms in total. The molecule has 0 saturated heterocycles. The third kappa shape index (κ3) is 3.38. The predicted octanol–water partition coefficient (Wildman–Crippen LogP) is 3.21. The molecule has 0 radical (unpaired) electrons. The Hall–Kier alpha value is -0.770. The van der Waals surface area contributed by atoms with Gasteiger partial charge in [-0.2, -0.15) is 13.2 Å². The van der Waals surface area contributed by atoms with Gasteiger partial charge in [0.1, 0.15) is 0 Å². The zero-order chi connectivity index (χ0) is 11.6. The summed E-state index contributed by atoms with van der Waals surface area (Å²) in [7, 11) is 0. The van der Waals surface area contributed by atoms with Crippen LogP contribution < -0.4 is 0 Å². The summed E-state index contributed by atoms with van der Waals surface area (Å²) in [5.41, 5.74) is 0.0936. The third-order valence-electron chi connectivity index (χ3n) is 2.52. The molecule has 0 fully saturated rings. The number of aliphatic hydroxyl groups excluding tert-OH is 1. The van der Waals surface area contributed by atoms with Gasteiger partial charge in [-0.3, -0.25) is 0 Å². The summed E-state index contributed by atoms with van der Waals surface area (Å²) in [5.74, 6) is 0.0886. The maximum Gasteiger partial charge on any atom is 0.416 e. The van der Waals surface area contributed by atoms with Gasteiger partial charge in [0.15, 0.2) is 0 Å². The number of hydrogen-bond acceptors (Lipinski definition) is 1. The summed E-state index contributed by atoms with van der Waals surface area (Å²) in [4.78, 5) is 0. The number of alkyl halides is 3. The summed E-state index contributed by atoms with van der Waals surface area (Å²) in [6, 6.07) is 0. The summed E-state index contributed by atoms with van der Waals surface area (Å²) < 4.78 is 37.2. The highest BCUT2D eigenvalue weighted by molar-refractivity contribution is 5.33. The number of aliphatic hydroxyl groups is 1. The molecule has 0 aromatic rings. The van der Waals surface area contributed by atoms with E-state index in [0.717, 1.165) is 0 Å². The molecule has 2 atom stereocenters. The molecule has 86 valence electrons. The first-order valence-electron chi connectivity index (χ1n) is 4.96. The average molecular weight is 220 g/mol. The molecule has 0 saturated carbocycles. The zero-order valence-corrected chi connectivity index (χ0v) is 8.80. The van der Waals surface area contributed by atoms with Crippen LogP contribution in [0.5, 0.6) is 0 Å². The molecular weight excluding hydrogens is 205 g/mol. The second-order valence-electron chi connectivity index (χ2n) is 4.07. The first-order valence-corrected chi connectivity index (χ1v) is 4.96. The quantitative estimate of drug-likeness (QED) is 0.757. The first-order chi connectivity index (χ1) is 6.80. The van der Waals surface area contributed by atoms with E-state index in [1.165, 1.54) is 12.2 Å². The van der Waals surface area contributed by atoms with Gasteiger partial charge in [0.25, 0.3) is 0 Å². The molecule has 0 amide bonds. The molecule has 1 unspecified atom stereocenters. The van der Waals surface area contributed by atoms with Crippen molar-refractivity contribution < 1.29 is 18.3 Å². The summed E-state index contributed by atoms with van der Waals surface area (Å²) in [6.45, 7) is 3.46. The van der Waals surface area contributed by atoms with E-state index in [4.69, 9.17) is 5.11 Å². The Morgan fingerprint density at radius 2 is 2.13 bits per heavy atom. The fourth-order valence-electron chi connectivity index (χ4n) is 1.65. The minimum absolute atomic E-state index is 0.0886. The molecule has 0 bridgehead atoms. The van der Waals surface area contributed by atoms with E-state index in [0.29, 0.717) is 18.4 Å². The molecule has 0 aromatic heterocycles. The van der Waals surface area contributed by atoms with Crippen molar-refractivity contribution in [2.24, 2.45) is 5.92 Å². The van der Waals surface area contributed by atoms with Crippen LogP contribution in [0.25, 0.3) is 0 Å². The van der Waals surface area contributed by atoms with Gasteiger partial charge in [-0.15, -0.1) is 0 Å². The molecule has 1 rings (SSSR count). The van der Waals surface area contributed by atoms with Crippen LogP contribution in [0.4, 0.5) is 13.2 Å². The second kappa shape index (κ2) is 4.39. The number of rotatable bonds is 2. The monoisotopic (exact) mass is 220 g/mol. The standard InChI is InChI=1S/C11H15F3O/c1-7-3-4-10(11(12,13)14)6-9(7)5-8(2)15/h4,6-8,15H,3,5H2,1-2H3/t7?,8-/m1/s1. The van der Waals surface area contributed by atoms with Gasteiger partial charge in [-0.25, -0.2) is 0 Å². The van der Waals surface area contributed by atoms with Gasteiger partial charge in [-0.05, 0) is 25.7 Å². The van der Waals surface area contributed by atoms with Crippen LogP contribution in [-0.2, 0) is 0 Å². The Balaban J connectivity index is 2.85. The molecule has 1 aliphatic rings. The van der Waals surface area contributed by atoms with Crippen LogP contribution in [-0.4, -0.2) is 17.4 Å². The lowest BCUT2D eigenvalue weighted by atomic mass is 9.86. The van der Waals surface area contributed by atoms with Crippen molar-refractivity contribution in [3.63, 3.8) is 0 Å². The van der Waals surface area contributed by atoms with Crippen LogP contribution in [0.2, 0.25) is 0 Å². The lowest BCUT2D eigenvalue weighted by molar-refractivity contribution is -0.0888. The molecule has 1 N–H and O–H groups in total. The van der Waals surface area contributed by atoms with Crippen molar-refractivity contribution in [1.29, 1.82) is 0 Å². The van der Waals surface area contributed by atoms with E-state index in [-0.39, 0.29) is 5.92 Å². The minimum atomic E-state index is -4.27. The van der Waals surface area contributed by atoms with Crippen molar-refractivity contribution in [2.45, 2.75) is 39.0 Å². The highest BCUT2D eigenvalue weighted by Gasteiger charge is 2.34. The van der Waals surface area contributed by atoms with E-state index in [1.807, 2.05) is 6.92 Å². The van der Waals surface area contributed by atoms with Crippen molar-refractivity contribution in [1.82, 2.24) is 0 Å². The second-order valence-corrected chi connectivity index (χ2v) is 4.07. The molecular formula is C11H15F3O. The smallest absolute Gasteiger partial charge is 0.393 e. The summed E-state index contributed by atoms with van der Waals surface area (Å²) in [6.07, 6.45) is -1.77. The van der Waals surface area contributed by atoms with Gasteiger partial charge < -0.3 is 5.11 Å². The summed E-state index contributed by atoms with van der Waals surface area (Å²) >= 11 is 0. The number of allylic oxidation sites excluding steroid dienone is 3. The van der Waals surface area contributed by atoms with Gasteiger partial charge in [0.05, 0.1) is 11.7 Å². The fraction of sp³-hybridized carbons (Fsp3) is 0.636. The topological polar surface area (TPSA) is 20.2 Å². The van der Waals surface area contributed by atoms with Crippen molar-refractivity contribution in [3.8, 4) is 0 Å². The molecule has 0 heterocycles. The van der Waals surface area contributed by atoms with Gasteiger partial charge >= 0.3 is 6.18 Å². The largest absolute Gasteiger partial charge is 0.416 e. The van der Waals surface area contributed by atoms with E-state index in [9.17, 15) is 13.2 Å². The molecule has 0 aromatic carbocycles. The highest BCUT2D eigenvalue weighted by Crippen LogP contribution is 2.35. The lowest BCUT2D eigenvalue weighted by Crippen LogP contribution is -2.17. The van der Waals surface area contributed by atoms with E-state index >= 15 is 0 Å². The Bertz CT molecular complexity index is 287. The fourth-order valence-corrected chi connectivity index (χ4v) is 1.65. The highest BCUT2D eigenvalue weighted by atomic mass is 19.4. The predicted molar refractivity (Wildman–Crippen MR) is 52.3 cm³/mol. The van der Waals surface area contributed by atoms with Crippen LogP contribution in [0.15, 0.2) is 23.3 Å². The summed E-state index contributed by atoms with van der Waals surface area (Å²) in [5, 5.41) is 9.17. The molecule has 15 heavy (non-hydrogen) atoms. The maximum atomic E-state index is 12.4. The molecule has 4 heteroatoms. The normalized spacial score (nSPS) is 24.5. The van der Waals surface area contributed by atoms with E-state index < -0.39 is 17.9 Å². The van der Waals surface area contributed by atoms with Crippen molar-refractivity contribution in [2.75, 3.05) is 0 Å². The van der Waals surface area contributed by atoms with Crippen LogP contribution >= 0.6 is 0 Å². The Labute approximate surface area is 87.3 Å². The van der Waals surface area contributed by atoms with Gasteiger partial charge in [0.2, 0.25) is 0 Å². The maximum absolute atomic E-state index is 12.4. The molecule has 1 aliphatic carbocycles. The molecule has 0 spiro atoms. The number of halogens is 3. The molecule has 0 aliphatic heterocycles. The Kier molecular flexibility index (Phi) is 3.60. The van der Waals surface area contributed by atoms with Crippen molar-refractivity contribution in [3.05, 3.63) is 23.3 Å². The van der Waals surface area contributed by atoms with Gasteiger partial charge in [0, 0.05) is 0 Å². The van der Waals surface area contributed by atoms with Crippen LogP contribution in [0.1, 0.15) is 26.7 Å². The SMILES string of the molecule is CC1CC=C(C(F)(F)F)C=C1C[C@@H](C)O. The third-order valence-corrected chi connectivity index (χ3v) is 2.52. The first kappa shape index (κ1) is 12.3. The van der Waals surface area contributed by atoms with Crippen molar-refractivity contribution >= 4 is 0 Å².